The third-order valence-electron chi connectivity index (χ3n) is 0.832. The number of H-pyrrole nitrogens is 1. The number of hydrogen-bond acceptors (Lipinski definition) is 2. The SMILES string of the molecule is O=S(=O)(Cl)c1ccc[nH]1. The van der Waals surface area contributed by atoms with Crippen LogP contribution in [-0.2, 0) is 9.05 Å². The summed E-state index contributed by atoms with van der Waals surface area (Å²) in [6.45, 7) is 0. The lowest BCUT2D eigenvalue weighted by atomic mass is 10.7. The quantitative estimate of drug-likeness (QED) is 0.630. The van der Waals surface area contributed by atoms with E-state index in [2.05, 4.69) is 4.98 Å². The van der Waals surface area contributed by atoms with Crippen LogP contribution >= 0.6 is 10.7 Å². The molecule has 0 amide bonds. The van der Waals surface area contributed by atoms with E-state index in [1.165, 1.54) is 12.3 Å². The van der Waals surface area contributed by atoms with Gasteiger partial charge in [0.1, 0.15) is 5.03 Å². The van der Waals surface area contributed by atoms with E-state index in [-0.39, 0.29) is 5.03 Å². The van der Waals surface area contributed by atoms with Gasteiger partial charge in [0.15, 0.2) is 0 Å². The van der Waals surface area contributed by atoms with Gasteiger partial charge in [-0.3, -0.25) is 0 Å². The van der Waals surface area contributed by atoms with Gasteiger partial charge in [0.2, 0.25) is 0 Å². The van der Waals surface area contributed by atoms with Crippen LogP contribution in [0.4, 0.5) is 0 Å². The van der Waals surface area contributed by atoms with Gasteiger partial charge in [-0.2, -0.15) is 0 Å². The summed E-state index contributed by atoms with van der Waals surface area (Å²) in [4.78, 5) is 2.46. The van der Waals surface area contributed by atoms with Crippen molar-refractivity contribution in [2.24, 2.45) is 0 Å². The van der Waals surface area contributed by atoms with Crippen molar-refractivity contribution < 1.29 is 8.42 Å². The second-order valence-corrected chi connectivity index (χ2v) is 4.01. The third-order valence-corrected chi connectivity index (χ3v) is 2.11. The maximum Gasteiger partial charge on any atom is 0.276 e. The number of rotatable bonds is 1. The topological polar surface area (TPSA) is 49.9 Å². The van der Waals surface area contributed by atoms with Gasteiger partial charge >= 0.3 is 0 Å². The molecule has 0 aromatic carbocycles. The second kappa shape index (κ2) is 2.04. The fraction of sp³-hybridized carbons (Fsp3) is 0. The molecule has 0 spiro atoms. The van der Waals surface area contributed by atoms with E-state index in [0.29, 0.717) is 0 Å². The predicted octanol–water partition coefficient (Wildman–Crippen LogP) is 0.942. The van der Waals surface area contributed by atoms with E-state index in [1.54, 1.807) is 6.07 Å². The van der Waals surface area contributed by atoms with Crippen molar-refractivity contribution in [3.63, 3.8) is 0 Å². The molecule has 0 radical (unpaired) electrons. The van der Waals surface area contributed by atoms with E-state index < -0.39 is 9.05 Å². The number of hydrogen-bond donors (Lipinski definition) is 1. The van der Waals surface area contributed by atoms with E-state index in [1.807, 2.05) is 0 Å². The Bertz CT molecular complexity index is 276. The highest BCUT2D eigenvalue weighted by Crippen LogP contribution is 2.09. The van der Waals surface area contributed by atoms with Gasteiger partial charge in [0.25, 0.3) is 9.05 Å². The highest BCUT2D eigenvalue weighted by atomic mass is 35.7. The average molecular weight is 166 g/mol. The molecular formula is C4H4ClNO2S. The molecule has 0 fully saturated rings. The van der Waals surface area contributed by atoms with Crippen molar-refractivity contribution in [3.8, 4) is 0 Å². The summed E-state index contributed by atoms with van der Waals surface area (Å²) in [7, 11) is 1.40. The summed E-state index contributed by atoms with van der Waals surface area (Å²) in [5.74, 6) is 0. The van der Waals surface area contributed by atoms with Crippen LogP contribution in [0, 0.1) is 0 Å². The molecule has 5 heteroatoms. The lowest BCUT2D eigenvalue weighted by Gasteiger charge is -1.84. The molecule has 0 aliphatic rings. The van der Waals surface area contributed by atoms with Gasteiger partial charge < -0.3 is 4.98 Å². The van der Waals surface area contributed by atoms with E-state index >= 15 is 0 Å². The van der Waals surface area contributed by atoms with E-state index in [9.17, 15) is 8.42 Å². The Morgan fingerprint density at radius 2 is 2.22 bits per heavy atom. The van der Waals surface area contributed by atoms with Crippen LogP contribution in [0.1, 0.15) is 0 Å². The zero-order valence-electron chi connectivity index (χ0n) is 4.33. The first kappa shape index (κ1) is 6.64. The van der Waals surface area contributed by atoms with Gasteiger partial charge in [-0.15, -0.1) is 0 Å². The molecule has 0 atom stereocenters. The molecule has 1 heterocycles. The van der Waals surface area contributed by atoms with Gasteiger partial charge in [-0.25, -0.2) is 8.42 Å². The maximum absolute atomic E-state index is 10.4. The largest absolute Gasteiger partial charge is 0.351 e. The summed E-state index contributed by atoms with van der Waals surface area (Å²) in [5, 5.41) is 0.0316. The predicted molar refractivity (Wildman–Crippen MR) is 33.8 cm³/mol. The van der Waals surface area contributed by atoms with Gasteiger partial charge in [-0.1, -0.05) is 0 Å². The van der Waals surface area contributed by atoms with Crippen molar-refractivity contribution >= 4 is 19.7 Å². The standard InChI is InChI=1S/C4H4ClNO2S/c5-9(7,8)4-2-1-3-6-4/h1-3,6H. The maximum atomic E-state index is 10.4. The molecule has 0 unspecified atom stereocenters. The molecule has 9 heavy (non-hydrogen) atoms. The van der Waals surface area contributed by atoms with Crippen molar-refractivity contribution in [1.82, 2.24) is 4.98 Å². The molecule has 50 valence electrons. The molecule has 1 rings (SSSR count). The molecule has 0 aliphatic heterocycles. The zero-order valence-corrected chi connectivity index (χ0v) is 5.91. The monoisotopic (exact) mass is 165 g/mol. The minimum atomic E-state index is -3.54. The van der Waals surface area contributed by atoms with Crippen molar-refractivity contribution in [2.45, 2.75) is 5.03 Å². The molecule has 3 nitrogen and oxygen atoms in total. The molecule has 0 bridgehead atoms. The summed E-state index contributed by atoms with van der Waals surface area (Å²) >= 11 is 0. The first-order valence-electron chi connectivity index (χ1n) is 2.19. The summed E-state index contributed by atoms with van der Waals surface area (Å²) in [5.41, 5.74) is 0. The molecule has 0 aliphatic carbocycles. The Morgan fingerprint density at radius 1 is 1.56 bits per heavy atom. The number of aromatic nitrogens is 1. The number of halogens is 1. The lowest BCUT2D eigenvalue weighted by Crippen LogP contribution is -1.88. The van der Waals surface area contributed by atoms with E-state index in [0.717, 1.165) is 0 Å². The second-order valence-electron chi connectivity index (χ2n) is 1.47. The number of aromatic amines is 1. The van der Waals surface area contributed by atoms with Crippen LogP contribution in [0.25, 0.3) is 0 Å². The van der Waals surface area contributed by atoms with Crippen LogP contribution < -0.4 is 0 Å². The van der Waals surface area contributed by atoms with Crippen LogP contribution in [0.2, 0.25) is 0 Å². The summed E-state index contributed by atoms with van der Waals surface area (Å²) in [6, 6.07) is 2.96. The highest BCUT2D eigenvalue weighted by Gasteiger charge is 2.08. The summed E-state index contributed by atoms with van der Waals surface area (Å²) < 4.78 is 20.9. The smallest absolute Gasteiger partial charge is 0.276 e. The molecule has 0 saturated carbocycles. The van der Waals surface area contributed by atoms with E-state index in [4.69, 9.17) is 10.7 Å². The van der Waals surface area contributed by atoms with Gasteiger partial charge in [-0.05, 0) is 12.1 Å². The highest BCUT2D eigenvalue weighted by molar-refractivity contribution is 8.13. The Morgan fingerprint density at radius 3 is 2.44 bits per heavy atom. The number of nitrogens with one attached hydrogen (secondary N) is 1. The van der Waals surface area contributed by atoms with Crippen LogP contribution in [0.5, 0.6) is 0 Å². The Hall–Kier alpha value is -0.480. The summed E-state index contributed by atoms with van der Waals surface area (Å²) in [6.07, 6.45) is 1.50. The fourth-order valence-electron chi connectivity index (χ4n) is 0.466. The minimum absolute atomic E-state index is 0.0316. The van der Waals surface area contributed by atoms with Gasteiger partial charge in [0, 0.05) is 16.9 Å². The van der Waals surface area contributed by atoms with Crippen LogP contribution in [0.15, 0.2) is 23.4 Å². The zero-order chi connectivity index (χ0) is 6.91. The van der Waals surface area contributed by atoms with Crippen LogP contribution in [0.3, 0.4) is 0 Å². The Balaban J connectivity index is 3.20. The molecule has 0 saturated heterocycles. The first-order valence-corrected chi connectivity index (χ1v) is 4.50. The lowest BCUT2D eigenvalue weighted by molar-refractivity contribution is 0.607. The van der Waals surface area contributed by atoms with Crippen LogP contribution in [-0.4, -0.2) is 13.4 Å². The molecule has 1 aromatic heterocycles. The average Bonchev–Trinajstić information content (AvgIpc) is 2.08. The molecule has 1 N–H and O–H groups in total. The molecular weight excluding hydrogens is 162 g/mol. The normalized spacial score (nSPS) is 11.7. The van der Waals surface area contributed by atoms with Crippen molar-refractivity contribution in [2.75, 3.05) is 0 Å². The van der Waals surface area contributed by atoms with Crippen molar-refractivity contribution in [1.29, 1.82) is 0 Å². The third kappa shape index (κ3) is 1.46. The fourth-order valence-corrected chi connectivity index (χ4v) is 1.20. The van der Waals surface area contributed by atoms with Gasteiger partial charge in [0.05, 0.1) is 0 Å². The Labute approximate surface area is 57.1 Å². The first-order chi connectivity index (χ1) is 4.11. The van der Waals surface area contributed by atoms with Crippen molar-refractivity contribution in [3.05, 3.63) is 18.3 Å². The minimum Gasteiger partial charge on any atom is -0.351 e. The molecule has 1 aromatic rings. The Kier molecular flexibility index (Phi) is 1.50.